The molecule has 134 valence electrons. The zero-order chi connectivity index (χ0) is 18.1. The molecule has 2 aromatic rings. The van der Waals surface area contributed by atoms with Crippen molar-refractivity contribution in [2.45, 2.75) is 32.8 Å². The molecule has 1 amide bonds. The fourth-order valence-corrected chi connectivity index (χ4v) is 2.55. The molecular weight excluding hydrogens is 338 g/mol. The number of carbonyl (C=O) groups excluding carboxylic acids is 1. The molecule has 1 atom stereocenters. The molecule has 0 spiro atoms. The van der Waals surface area contributed by atoms with Crippen LogP contribution in [0.2, 0.25) is 5.02 Å². The third-order valence-corrected chi connectivity index (χ3v) is 3.89. The van der Waals surface area contributed by atoms with Crippen LogP contribution in [0.3, 0.4) is 0 Å². The number of rotatable bonds is 9. The van der Waals surface area contributed by atoms with E-state index in [1.165, 1.54) is 5.56 Å². The van der Waals surface area contributed by atoms with E-state index in [2.05, 4.69) is 17.4 Å². The summed E-state index contributed by atoms with van der Waals surface area (Å²) in [7, 11) is 0. The molecule has 0 saturated heterocycles. The summed E-state index contributed by atoms with van der Waals surface area (Å²) < 4.78 is 11.0. The highest BCUT2D eigenvalue weighted by Gasteiger charge is 2.14. The van der Waals surface area contributed by atoms with Crippen molar-refractivity contribution in [3.8, 4) is 11.5 Å². The lowest BCUT2D eigenvalue weighted by Gasteiger charge is -2.15. The number of nitrogens with one attached hydrogen (secondary N) is 1. The van der Waals surface area contributed by atoms with Crippen LogP contribution in [0.15, 0.2) is 48.5 Å². The van der Waals surface area contributed by atoms with Crippen molar-refractivity contribution < 1.29 is 14.3 Å². The molecule has 4 nitrogen and oxygen atoms in total. The first-order valence-corrected chi connectivity index (χ1v) is 8.88. The van der Waals surface area contributed by atoms with Crippen LogP contribution in [-0.4, -0.2) is 25.2 Å². The lowest BCUT2D eigenvalue weighted by atomic mass is 10.1. The Kier molecular flexibility index (Phi) is 7.61. The van der Waals surface area contributed by atoms with Gasteiger partial charge >= 0.3 is 0 Å². The summed E-state index contributed by atoms with van der Waals surface area (Å²) in [5.74, 6) is 1.34. The SMILES string of the molecule is CCOc1ccc(CCCNC(=O)[C@@H](C)Oc2cccc(Cl)c2)cc1. The molecule has 0 bridgehead atoms. The van der Waals surface area contributed by atoms with Gasteiger partial charge in [-0.25, -0.2) is 0 Å². The average Bonchev–Trinajstić information content (AvgIpc) is 2.60. The van der Waals surface area contributed by atoms with E-state index >= 15 is 0 Å². The molecule has 2 aromatic carbocycles. The molecule has 0 heterocycles. The number of aryl methyl sites for hydroxylation is 1. The number of hydrogen-bond acceptors (Lipinski definition) is 3. The van der Waals surface area contributed by atoms with Gasteiger partial charge in [0.05, 0.1) is 6.61 Å². The zero-order valence-corrected chi connectivity index (χ0v) is 15.4. The number of carbonyl (C=O) groups is 1. The molecule has 0 radical (unpaired) electrons. The van der Waals surface area contributed by atoms with Gasteiger partial charge in [0.15, 0.2) is 6.10 Å². The Bertz CT molecular complexity index is 673. The first-order chi connectivity index (χ1) is 12.1. The van der Waals surface area contributed by atoms with Crippen LogP contribution in [0.4, 0.5) is 0 Å². The number of hydrogen-bond donors (Lipinski definition) is 1. The van der Waals surface area contributed by atoms with Gasteiger partial charge in [-0.2, -0.15) is 0 Å². The Labute approximate surface area is 154 Å². The van der Waals surface area contributed by atoms with Crippen molar-refractivity contribution in [2.75, 3.05) is 13.2 Å². The van der Waals surface area contributed by atoms with E-state index in [1.54, 1.807) is 31.2 Å². The van der Waals surface area contributed by atoms with Gasteiger partial charge in [-0.15, -0.1) is 0 Å². The minimum absolute atomic E-state index is 0.133. The standard InChI is InChI=1S/C20H24ClNO3/c1-3-24-18-11-9-16(10-12-18)6-5-13-22-20(23)15(2)25-19-8-4-7-17(21)14-19/h4,7-12,14-15H,3,5-6,13H2,1-2H3,(H,22,23)/t15-/m1/s1. The lowest BCUT2D eigenvalue weighted by molar-refractivity contribution is -0.127. The van der Waals surface area contributed by atoms with E-state index in [1.807, 2.05) is 19.1 Å². The van der Waals surface area contributed by atoms with Gasteiger partial charge in [-0.05, 0) is 62.6 Å². The fourth-order valence-electron chi connectivity index (χ4n) is 2.36. The topological polar surface area (TPSA) is 47.6 Å². The number of amides is 1. The molecule has 0 unspecified atom stereocenters. The maximum absolute atomic E-state index is 12.1. The van der Waals surface area contributed by atoms with Crippen LogP contribution in [0.5, 0.6) is 11.5 Å². The summed E-state index contributed by atoms with van der Waals surface area (Å²) in [6, 6.07) is 15.1. The van der Waals surface area contributed by atoms with Crippen LogP contribution < -0.4 is 14.8 Å². The second-order valence-electron chi connectivity index (χ2n) is 5.69. The van der Waals surface area contributed by atoms with Gasteiger partial charge in [0.25, 0.3) is 5.91 Å². The minimum atomic E-state index is -0.566. The van der Waals surface area contributed by atoms with Crippen LogP contribution in [0.25, 0.3) is 0 Å². The van der Waals surface area contributed by atoms with Crippen molar-refractivity contribution in [3.05, 3.63) is 59.1 Å². The van der Waals surface area contributed by atoms with Gasteiger partial charge in [0.1, 0.15) is 11.5 Å². The monoisotopic (exact) mass is 361 g/mol. The largest absolute Gasteiger partial charge is 0.494 e. The quantitative estimate of drug-likeness (QED) is 0.679. The third-order valence-electron chi connectivity index (χ3n) is 3.65. The van der Waals surface area contributed by atoms with Crippen LogP contribution in [0.1, 0.15) is 25.8 Å². The second kappa shape index (κ2) is 9.94. The van der Waals surface area contributed by atoms with Crippen molar-refractivity contribution >= 4 is 17.5 Å². The van der Waals surface area contributed by atoms with Gasteiger partial charge in [-0.1, -0.05) is 29.8 Å². The van der Waals surface area contributed by atoms with E-state index in [9.17, 15) is 4.79 Å². The van der Waals surface area contributed by atoms with Gasteiger partial charge in [0, 0.05) is 11.6 Å². The van der Waals surface area contributed by atoms with Crippen LogP contribution >= 0.6 is 11.6 Å². The van der Waals surface area contributed by atoms with E-state index < -0.39 is 6.10 Å². The Morgan fingerprint density at radius 1 is 1.16 bits per heavy atom. The molecular formula is C20H24ClNO3. The Balaban J connectivity index is 1.69. The second-order valence-corrected chi connectivity index (χ2v) is 6.13. The maximum Gasteiger partial charge on any atom is 0.260 e. The zero-order valence-electron chi connectivity index (χ0n) is 14.6. The molecule has 1 N–H and O–H groups in total. The van der Waals surface area contributed by atoms with Crippen molar-refractivity contribution in [3.63, 3.8) is 0 Å². The van der Waals surface area contributed by atoms with Gasteiger partial charge in [-0.3, -0.25) is 4.79 Å². The first-order valence-electron chi connectivity index (χ1n) is 8.50. The Morgan fingerprint density at radius 3 is 2.60 bits per heavy atom. The number of ether oxygens (including phenoxy) is 2. The summed E-state index contributed by atoms with van der Waals surface area (Å²) in [6.45, 7) is 4.96. The highest BCUT2D eigenvalue weighted by atomic mass is 35.5. The highest BCUT2D eigenvalue weighted by molar-refractivity contribution is 6.30. The summed E-state index contributed by atoms with van der Waals surface area (Å²) in [5, 5.41) is 3.48. The van der Waals surface area contributed by atoms with E-state index in [0.717, 1.165) is 18.6 Å². The number of benzene rings is 2. The Hall–Kier alpha value is -2.20. The molecule has 0 aliphatic carbocycles. The summed E-state index contributed by atoms with van der Waals surface area (Å²) in [5.41, 5.74) is 1.22. The average molecular weight is 362 g/mol. The van der Waals surface area contributed by atoms with Crippen molar-refractivity contribution in [1.82, 2.24) is 5.32 Å². The molecule has 0 aromatic heterocycles. The highest BCUT2D eigenvalue weighted by Crippen LogP contribution is 2.18. The van der Waals surface area contributed by atoms with Crippen molar-refractivity contribution in [1.29, 1.82) is 0 Å². The Morgan fingerprint density at radius 2 is 1.92 bits per heavy atom. The van der Waals surface area contributed by atoms with Gasteiger partial charge in [0.2, 0.25) is 0 Å². The normalized spacial score (nSPS) is 11.6. The predicted octanol–water partition coefficient (Wildman–Crippen LogP) is 4.26. The molecule has 0 saturated carbocycles. The summed E-state index contributed by atoms with van der Waals surface area (Å²) in [6.07, 6.45) is 1.20. The predicted molar refractivity (Wildman–Crippen MR) is 100 cm³/mol. The summed E-state index contributed by atoms with van der Waals surface area (Å²) in [4.78, 5) is 12.1. The molecule has 5 heteroatoms. The third kappa shape index (κ3) is 6.67. The molecule has 0 aliphatic rings. The summed E-state index contributed by atoms with van der Waals surface area (Å²) >= 11 is 5.91. The van der Waals surface area contributed by atoms with Crippen LogP contribution in [0, 0.1) is 0 Å². The molecule has 25 heavy (non-hydrogen) atoms. The van der Waals surface area contributed by atoms with E-state index in [-0.39, 0.29) is 5.91 Å². The fraction of sp³-hybridized carbons (Fsp3) is 0.350. The maximum atomic E-state index is 12.1. The minimum Gasteiger partial charge on any atom is -0.494 e. The molecule has 2 rings (SSSR count). The molecule has 0 fully saturated rings. The van der Waals surface area contributed by atoms with Crippen molar-refractivity contribution in [2.24, 2.45) is 0 Å². The first kappa shape index (κ1) is 19.1. The smallest absolute Gasteiger partial charge is 0.260 e. The molecule has 0 aliphatic heterocycles. The lowest BCUT2D eigenvalue weighted by Crippen LogP contribution is -2.36. The van der Waals surface area contributed by atoms with Gasteiger partial charge < -0.3 is 14.8 Å². The van der Waals surface area contributed by atoms with Crippen LogP contribution in [-0.2, 0) is 11.2 Å². The van der Waals surface area contributed by atoms with E-state index in [4.69, 9.17) is 21.1 Å². The number of halogens is 1. The van der Waals surface area contributed by atoms with E-state index in [0.29, 0.717) is 23.9 Å².